The second kappa shape index (κ2) is 9.95. The number of sulfonamides is 1. The van der Waals surface area contributed by atoms with E-state index in [9.17, 15) is 28.8 Å². The molecule has 1 saturated heterocycles. The van der Waals surface area contributed by atoms with Crippen LogP contribution in [0.4, 0.5) is 5.69 Å². The molecule has 5 atom stereocenters. The monoisotopic (exact) mass is 489 g/mol. The van der Waals surface area contributed by atoms with Gasteiger partial charge in [0, 0.05) is 22.7 Å². The Hall–Kier alpha value is -1.53. The third kappa shape index (κ3) is 6.26. The highest BCUT2D eigenvalue weighted by atomic mass is 35.5. The zero-order chi connectivity index (χ0) is 22.8. The summed E-state index contributed by atoms with van der Waals surface area (Å²) >= 11 is 7.19. The van der Waals surface area contributed by atoms with Crippen molar-refractivity contribution in [3.05, 3.63) is 58.6 Å². The van der Waals surface area contributed by atoms with Gasteiger partial charge in [0.15, 0.2) is 5.44 Å². The first-order chi connectivity index (χ1) is 14.6. The van der Waals surface area contributed by atoms with Gasteiger partial charge in [0.05, 0.1) is 24.2 Å². The minimum absolute atomic E-state index is 0.378. The lowest BCUT2D eigenvalue weighted by Crippen LogP contribution is -2.55. The number of benzene rings is 2. The van der Waals surface area contributed by atoms with Crippen LogP contribution in [0, 0.1) is 0 Å². The summed E-state index contributed by atoms with van der Waals surface area (Å²) in [6.07, 6.45) is -2.59. The molecule has 0 aliphatic carbocycles. The molecular weight excluding hydrogens is 466 g/mol. The summed E-state index contributed by atoms with van der Waals surface area (Å²) in [5, 5.41) is 39.6. The SMILES string of the molecule is CS(=O)(=O)Nc1ccc(Cc2cc(Cl)ccc2O[C@@H]2S[C@H](CO)[C@@H](O)[C@H](O)[C@H]2O)cc1. The van der Waals surface area contributed by atoms with Crippen LogP contribution in [0.3, 0.4) is 0 Å². The first kappa shape index (κ1) is 24.1. The van der Waals surface area contributed by atoms with Crippen molar-refractivity contribution in [3.63, 3.8) is 0 Å². The van der Waals surface area contributed by atoms with Crippen LogP contribution in [0.15, 0.2) is 42.5 Å². The van der Waals surface area contributed by atoms with Crippen LogP contribution >= 0.6 is 23.4 Å². The largest absolute Gasteiger partial charge is 0.477 e. The minimum atomic E-state index is -3.37. The molecule has 170 valence electrons. The Labute approximate surface area is 189 Å². The minimum Gasteiger partial charge on any atom is -0.477 e. The molecular formula is C20H24ClNO7S2. The number of nitrogens with one attached hydrogen (secondary N) is 1. The highest BCUT2D eigenvalue weighted by molar-refractivity contribution is 8.00. The summed E-state index contributed by atoms with van der Waals surface area (Å²) in [7, 11) is -3.37. The summed E-state index contributed by atoms with van der Waals surface area (Å²) in [5.41, 5.74) is 1.12. The normalized spacial score (nSPS) is 26.5. The van der Waals surface area contributed by atoms with E-state index >= 15 is 0 Å². The van der Waals surface area contributed by atoms with Gasteiger partial charge in [-0.25, -0.2) is 8.42 Å². The fraction of sp³-hybridized carbons (Fsp3) is 0.400. The molecule has 11 heteroatoms. The van der Waals surface area contributed by atoms with Gasteiger partial charge in [0.25, 0.3) is 0 Å². The van der Waals surface area contributed by atoms with Crippen LogP contribution in [0.2, 0.25) is 5.02 Å². The predicted molar refractivity (Wildman–Crippen MR) is 120 cm³/mol. The van der Waals surface area contributed by atoms with Gasteiger partial charge in [-0.3, -0.25) is 4.72 Å². The Morgan fingerprint density at radius 2 is 1.74 bits per heavy atom. The Kier molecular flexibility index (Phi) is 7.74. The second-order valence-corrected chi connectivity index (χ2v) is 10.8. The second-order valence-electron chi connectivity index (χ2n) is 7.32. The van der Waals surface area contributed by atoms with Crippen molar-refractivity contribution < 1.29 is 33.6 Å². The van der Waals surface area contributed by atoms with Gasteiger partial charge in [0.1, 0.15) is 18.0 Å². The molecule has 5 N–H and O–H groups in total. The zero-order valence-electron chi connectivity index (χ0n) is 16.6. The lowest BCUT2D eigenvalue weighted by Gasteiger charge is -2.39. The lowest BCUT2D eigenvalue weighted by molar-refractivity contribution is -0.0910. The summed E-state index contributed by atoms with van der Waals surface area (Å²) in [6, 6.07) is 11.8. The Morgan fingerprint density at radius 3 is 2.35 bits per heavy atom. The molecule has 1 aliphatic heterocycles. The molecule has 1 aliphatic rings. The average Bonchev–Trinajstić information content (AvgIpc) is 2.70. The zero-order valence-corrected chi connectivity index (χ0v) is 18.9. The topological polar surface area (TPSA) is 136 Å². The quantitative estimate of drug-likeness (QED) is 0.391. The van der Waals surface area contributed by atoms with E-state index < -0.39 is 39.0 Å². The highest BCUT2D eigenvalue weighted by Crippen LogP contribution is 2.36. The van der Waals surface area contributed by atoms with Crippen LogP contribution in [0.5, 0.6) is 5.75 Å². The van der Waals surface area contributed by atoms with Gasteiger partial charge in [0.2, 0.25) is 10.0 Å². The number of aliphatic hydroxyl groups is 4. The van der Waals surface area contributed by atoms with Crippen LogP contribution in [-0.2, 0) is 16.4 Å². The molecule has 2 aromatic rings. The molecule has 8 nitrogen and oxygen atoms in total. The first-order valence-electron chi connectivity index (χ1n) is 9.39. The van der Waals surface area contributed by atoms with Crippen molar-refractivity contribution in [2.45, 2.75) is 35.4 Å². The van der Waals surface area contributed by atoms with E-state index in [-0.39, 0.29) is 6.61 Å². The van der Waals surface area contributed by atoms with Crippen LogP contribution in [0.1, 0.15) is 11.1 Å². The smallest absolute Gasteiger partial charge is 0.229 e. The van der Waals surface area contributed by atoms with Gasteiger partial charge in [-0.05, 0) is 35.9 Å². The molecule has 1 heterocycles. The van der Waals surface area contributed by atoms with E-state index in [1.165, 1.54) is 0 Å². The fourth-order valence-corrected chi connectivity index (χ4v) is 5.21. The van der Waals surface area contributed by atoms with Gasteiger partial charge in [-0.1, -0.05) is 23.7 Å². The molecule has 0 aromatic heterocycles. The number of rotatable bonds is 7. The third-order valence-electron chi connectivity index (χ3n) is 4.77. The Morgan fingerprint density at radius 1 is 1.06 bits per heavy atom. The molecule has 31 heavy (non-hydrogen) atoms. The standard InChI is InChI=1S/C20H24ClNO7S2/c1-31(27,28)22-14-5-2-11(3-6-14)8-12-9-13(21)4-7-15(12)29-20-19(26)18(25)17(24)16(10-23)30-20/h2-7,9,16-20,22-26H,8,10H2,1H3/t16-,17-,18+,19-,20-/m1/s1. The van der Waals surface area contributed by atoms with Crippen molar-refractivity contribution in [2.24, 2.45) is 0 Å². The van der Waals surface area contributed by atoms with Crippen molar-refractivity contribution in [2.75, 3.05) is 17.6 Å². The van der Waals surface area contributed by atoms with E-state index in [1.807, 2.05) is 0 Å². The number of thioether (sulfide) groups is 1. The Bertz CT molecular complexity index is 1000. The first-order valence-corrected chi connectivity index (χ1v) is 12.6. The molecule has 0 spiro atoms. The van der Waals surface area contributed by atoms with Crippen molar-refractivity contribution >= 4 is 39.1 Å². The van der Waals surface area contributed by atoms with Crippen LogP contribution in [-0.4, -0.2) is 70.7 Å². The maximum Gasteiger partial charge on any atom is 0.229 e. The van der Waals surface area contributed by atoms with Crippen molar-refractivity contribution in [3.8, 4) is 5.75 Å². The maximum absolute atomic E-state index is 11.3. The maximum atomic E-state index is 11.3. The number of hydrogen-bond donors (Lipinski definition) is 5. The number of ether oxygens (including phenoxy) is 1. The average molecular weight is 490 g/mol. The molecule has 3 rings (SSSR count). The third-order valence-corrected chi connectivity index (χ3v) is 7.03. The molecule has 0 amide bonds. The number of halogens is 1. The van der Waals surface area contributed by atoms with E-state index in [0.717, 1.165) is 23.6 Å². The summed E-state index contributed by atoms with van der Waals surface area (Å²) in [4.78, 5) is 0. The van der Waals surface area contributed by atoms with Crippen molar-refractivity contribution in [1.29, 1.82) is 0 Å². The van der Waals surface area contributed by atoms with Gasteiger partial charge in [-0.15, -0.1) is 11.8 Å². The summed E-state index contributed by atoms with van der Waals surface area (Å²) in [6.45, 7) is -0.378. The number of hydrogen-bond acceptors (Lipinski definition) is 8. The molecule has 0 saturated carbocycles. The van der Waals surface area contributed by atoms with Gasteiger partial charge >= 0.3 is 0 Å². The van der Waals surface area contributed by atoms with Crippen molar-refractivity contribution in [1.82, 2.24) is 0 Å². The van der Waals surface area contributed by atoms with E-state index in [2.05, 4.69) is 4.72 Å². The summed E-state index contributed by atoms with van der Waals surface area (Å²) < 4.78 is 31.0. The number of aliphatic hydroxyl groups excluding tert-OH is 4. The van der Waals surface area contributed by atoms with Crippen LogP contribution in [0.25, 0.3) is 0 Å². The lowest BCUT2D eigenvalue weighted by atomic mass is 10.0. The van der Waals surface area contributed by atoms with E-state index in [4.69, 9.17) is 16.3 Å². The fourth-order valence-electron chi connectivity index (χ4n) is 3.22. The number of anilines is 1. The highest BCUT2D eigenvalue weighted by Gasteiger charge is 2.44. The van der Waals surface area contributed by atoms with Gasteiger partial charge in [-0.2, -0.15) is 0 Å². The molecule has 1 fully saturated rings. The van der Waals surface area contributed by atoms with Gasteiger partial charge < -0.3 is 25.2 Å². The predicted octanol–water partition coefficient (Wildman–Crippen LogP) is 1.20. The van der Waals surface area contributed by atoms with E-state index in [0.29, 0.717) is 28.4 Å². The van der Waals surface area contributed by atoms with E-state index in [1.54, 1.807) is 42.5 Å². The van der Waals surface area contributed by atoms with Crippen LogP contribution < -0.4 is 9.46 Å². The molecule has 2 aromatic carbocycles. The molecule has 0 bridgehead atoms. The molecule has 0 radical (unpaired) electrons. The summed E-state index contributed by atoms with van der Waals surface area (Å²) in [5.74, 6) is 0.430. The Balaban J connectivity index is 1.79. The molecule has 0 unspecified atom stereocenters.